The minimum absolute atomic E-state index is 0.249. The third-order valence-electron chi connectivity index (χ3n) is 8.50. The molecule has 0 radical (unpaired) electrons. The summed E-state index contributed by atoms with van der Waals surface area (Å²) in [5.74, 6) is 3.67. The molecular weight excluding hydrogens is 306 g/mol. The molecule has 2 saturated carbocycles. The van der Waals surface area contributed by atoms with Crippen LogP contribution in [0, 0.1) is 23.7 Å². The van der Waals surface area contributed by atoms with Gasteiger partial charge < -0.3 is 4.74 Å². The van der Waals surface area contributed by atoms with Gasteiger partial charge in [0.15, 0.2) is 0 Å². The number of rotatable bonds is 4. The highest BCUT2D eigenvalue weighted by Gasteiger charge is 2.49. The largest absolute Gasteiger partial charge is 0.378 e. The first-order valence-corrected chi connectivity index (χ1v) is 11.1. The van der Waals surface area contributed by atoms with Crippen molar-refractivity contribution in [2.24, 2.45) is 23.7 Å². The molecule has 0 amide bonds. The summed E-state index contributed by atoms with van der Waals surface area (Å²) < 4.78 is 6.47. The quantitative estimate of drug-likeness (QED) is 0.627. The lowest BCUT2D eigenvalue weighted by atomic mass is 9.71. The highest BCUT2D eigenvalue weighted by Crippen LogP contribution is 2.44. The summed E-state index contributed by atoms with van der Waals surface area (Å²) >= 11 is 0. The Bertz CT molecular complexity index is 427. The molecule has 0 aromatic carbocycles. The van der Waals surface area contributed by atoms with Crippen molar-refractivity contribution >= 4 is 0 Å². The molecule has 0 bridgehead atoms. The Morgan fingerprint density at radius 2 is 1.36 bits per heavy atom. The SMILES string of the molecule is CC1CCC(C2CCC(OCC3CC(C)(C)N(C)C3(C)C)CC2)CC1. The van der Waals surface area contributed by atoms with Gasteiger partial charge in [-0.3, -0.25) is 4.90 Å². The van der Waals surface area contributed by atoms with Crippen LogP contribution in [0.2, 0.25) is 0 Å². The van der Waals surface area contributed by atoms with Gasteiger partial charge in [-0.05, 0) is 97.4 Å². The molecule has 1 saturated heterocycles. The van der Waals surface area contributed by atoms with Crippen molar-refractivity contribution in [3.63, 3.8) is 0 Å². The molecule has 0 aromatic heterocycles. The molecule has 1 heterocycles. The van der Waals surface area contributed by atoms with Crippen molar-refractivity contribution in [3.8, 4) is 0 Å². The zero-order chi connectivity index (χ0) is 18.2. The van der Waals surface area contributed by atoms with E-state index in [1.165, 1.54) is 57.8 Å². The van der Waals surface area contributed by atoms with Crippen molar-refractivity contribution in [1.82, 2.24) is 4.90 Å². The van der Waals surface area contributed by atoms with E-state index in [1.807, 2.05) is 0 Å². The number of hydrogen-bond acceptors (Lipinski definition) is 2. The van der Waals surface area contributed by atoms with Crippen LogP contribution in [0.1, 0.15) is 92.4 Å². The molecule has 3 aliphatic rings. The van der Waals surface area contributed by atoms with Crippen LogP contribution in [0.5, 0.6) is 0 Å². The van der Waals surface area contributed by atoms with Crippen molar-refractivity contribution in [2.45, 2.75) is 110 Å². The molecule has 1 atom stereocenters. The summed E-state index contributed by atoms with van der Waals surface area (Å²) in [4.78, 5) is 2.56. The Hall–Kier alpha value is -0.0800. The van der Waals surface area contributed by atoms with Gasteiger partial charge in [0.05, 0.1) is 12.7 Å². The zero-order valence-corrected chi connectivity index (χ0v) is 17.8. The van der Waals surface area contributed by atoms with E-state index in [9.17, 15) is 0 Å². The zero-order valence-electron chi connectivity index (χ0n) is 17.8. The van der Waals surface area contributed by atoms with Gasteiger partial charge in [0.25, 0.3) is 0 Å². The Balaban J connectivity index is 1.42. The van der Waals surface area contributed by atoms with Crippen LogP contribution in [0.15, 0.2) is 0 Å². The van der Waals surface area contributed by atoms with Crippen LogP contribution in [-0.4, -0.2) is 35.7 Å². The van der Waals surface area contributed by atoms with Crippen molar-refractivity contribution < 1.29 is 4.74 Å². The summed E-state index contributed by atoms with van der Waals surface area (Å²) in [5, 5.41) is 0. The van der Waals surface area contributed by atoms with Gasteiger partial charge in [0.1, 0.15) is 0 Å². The van der Waals surface area contributed by atoms with Crippen LogP contribution < -0.4 is 0 Å². The number of ether oxygens (including phenoxy) is 1. The number of likely N-dealkylation sites (tertiary alicyclic amines) is 1. The van der Waals surface area contributed by atoms with E-state index in [2.05, 4.69) is 46.6 Å². The highest BCUT2D eigenvalue weighted by atomic mass is 16.5. The smallest absolute Gasteiger partial charge is 0.0575 e. The van der Waals surface area contributed by atoms with Gasteiger partial charge >= 0.3 is 0 Å². The first kappa shape index (κ1) is 19.7. The standard InChI is InChI=1S/C23H43NO/c1-17-7-9-18(10-8-17)19-11-13-21(14-12-19)25-16-20-15-22(2,3)24(6)23(20,4)5/h17-21H,7-16H2,1-6H3. The Labute approximate surface area is 157 Å². The van der Waals surface area contributed by atoms with Gasteiger partial charge in [-0.15, -0.1) is 0 Å². The molecule has 3 fully saturated rings. The molecule has 25 heavy (non-hydrogen) atoms. The summed E-state index contributed by atoms with van der Waals surface area (Å²) in [6.07, 6.45) is 13.2. The summed E-state index contributed by atoms with van der Waals surface area (Å²) in [6.45, 7) is 12.9. The molecule has 1 aliphatic heterocycles. The minimum atomic E-state index is 0.249. The molecule has 0 spiro atoms. The van der Waals surface area contributed by atoms with Crippen LogP contribution >= 0.6 is 0 Å². The maximum Gasteiger partial charge on any atom is 0.0575 e. The van der Waals surface area contributed by atoms with E-state index >= 15 is 0 Å². The fourth-order valence-electron chi connectivity index (χ4n) is 6.04. The molecule has 3 rings (SSSR count). The Morgan fingerprint density at radius 3 is 1.84 bits per heavy atom. The van der Waals surface area contributed by atoms with Gasteiger partial charge in [0.2, 0.25) is 0 Å². The molecule has 0 aromatic rings. The van der Waals surface area contributed by atoms with E-state index in [1.54, 1.807) is 0 Å². The van der Waals surface area contributed by atoms with Crippen molar-refractivity contribution in [2.75, 3.05) is 13.7 Å². The molecule has 2 heteroatoms. The van der Waals surface area contributed by atoms with E-state index in [0.717, 1.165) is 24.4 Å². The average molecular weight is 350 g/mol. The predicted molar refractivity (Wildman–Crippen MR) is 107 cm³/mol. The van der Waals surface area contributed by atoms with Crippen LogP contribution in [0.3, 0.4) is 0 Å². The van der Waals surface area contributed by atoms with Gasteiger partial charge in [-0.2, -0.15) is 0 Å². The summed E-state index contributed by atoms with van der Waals surface area (Å²) in [5.41, 5.74) is 0.548. The van der Waals surface area contributed by atoms with E-state index in [-0.39, 0.29) is 5.54 Å². The summed E-state index contributed by atoms with van der Waals surface area (Å²) in [7, 11) is 2.29. The number of nitrogens with zero attached hydrogens (tertiary/aromatic N) is 1. The molecule has 146 valence electrons. The fraction of sp³-hybridized carbons (Fsp3) is 1.00. The first-order chi connectivity index (χ1) is 11.7. The van der Waals surface area contributed by atoms with Crippen LogP contribution in [0.25, 0.3) is 0 Å². The Kier molecular flexibility index (Phi) is 5.91. The highest BCUT2D eigenvalue weighted by molar-refractivity contribution is 5.04. The van der Waals surface area contributed by atoms with Crippen molar-refractivity contribution in [1.29, 1.82) is 0 Å². The van der Waals surface area contributed by atoms with Gasteiger partial charge in [-0.25, -0.2) is 0 Å². The topological polar surface area (TPSA) is 12.5 Å². The summed E-state index contributed by atoms with van der Waals surface area (Å²) in [6, 6.07) is 0. The molecule has 2 aliphatic carbocycles. The maximum absolute atomic E-state index is 6.47. The third kappa shape index (κ3) is 4.26. The second-order valence-corrected chi connectivity index (χ2v) is 10.8. The average Bonchev–Trinajstić information content (AvgIpc) is 2.74. The van der Waals surface area contributed by atoms with Crippen molar-refractivity contribution in [3.05, 3.63) is 0 Å². The third-order valence-corrected chi connectivity index (χ3v) is 8.50. The van der Waals surface area contributed by atoms with Crippen LogP contribution in [-0.2, 0) is 4.74 Å². The maximum atomic E-state index is 6.47. The second kappa shape index (κ2) is 7.50. The van der Waals surface area contributed by atoms with E-state index in [0.29, 0.717) is 17.6 Å². The first-order valence-electron chi connectivity index (χ1n) is 11.1. The minimum Gasteiger partial charge on any atom is -0.378 e. The van der Waals surface area contributed by atoms with E-state index in [4.69, 9.17) is 4.74 Å². The molecule has 2 nitrogen and oxygen atoms in total. The molecule has 0 N–H and O–H groups in total. The van der Waals surface area contributed by atoms with Gasteiger partial charge in [-0.1, -0.05) is 19.8 Å². The lowest BCUT2D eigenvalue weighted by Gasteiger charge is -2.39. The molecule has 1 unspecified atom stereocenters. The Morgan fingerprint density at radius 1 is 0.840 bits per heavy atom. The lowest BCUT2D eigenvalue weighted by molar-refractivity contribution is -0.0237. The monoisotopic (exact) mass is 349 g/mol. The van der Waals surface area contributed by atoms with Gasteiger partial charge in [0, 0.05) is 17.0 Å². The molecular formula is C23H43NO. The van der Waals surface area contributed by atoms with E-state index < -0.39 is 0 Å². The second-order valence-electron chi connectivity index (χ2n) is 10.8. The normalized spacial score (nSPS) is 41.8. The fourth-order valence-corrected chi connectivity index (χ4v) is 6.04. The number of hydrogen-bond donors (Lipinski definition) is 0. The van der Waals surface area contributed by atoms with Crippen LogP contribution in [0.4, 0.5) is 0 Å². The predicted octanol–water partition coefficient (Wildman–Crippen LogP) is 5.90. The lowest BCUT2D eigenvalue weighted by Crippen LogP contribution is -2.47.